The Morgan fingerprint density at radius 3 is 2.24 bits per heavy atom. The number of aliphatic hydroxyl groups excluding tert-OH is 1. The van der Waals surface area contributed by atoms with Gasteiger partial charge in [0.2, 0.25) is 11.8 Å². The van der Waals surface area contributed by atoms with Crippen LogP contribution in [0.15, 0.2) is 24.3 Å². The normalized spacial score (nSPS) is 14.2. The fourth-order valence-corrected chi connectivity index (χ4v) is 1.69. The Labute approximate surface area is 125 Å². The Hall–Kier alpha value is -1.88. The highest BCUT2D eigenvalue weighted by atomic mass is 16.3. The molecule has 0 aliphatic carbocycles. The Bertz CT molecular complexity index is 518. The molecule has 21 heavy (non-hydrogen) atoms. The summed E-state index contributed by atoms with van der Waals surface area (Å²) in [6.45, 7) is 8.63. The fourth-order valence-electron chi connectivity index (χ4n) is 1.69. The summed E-state index contributed by atoms with van der Waals surface area (Å²) in [5, 5.41) is 15.1. The molecule has 0 bridgehead atoms. The molecule has 0 aliphatic rings. The third kappa shape index (κ3) is 4.86. The molecule has 0 saturated carbocycles. The van der Waals surface area contributed by atoms with E-state index in [4.69, 9.17) is 0 Å². The van der Waals surface area contributed by atoms with Crippen LogP contribution in [0.4, 0.5) is 5.69 Å². The second kappa shape index (κ2) is 6.72. The van der Waals surface area contributed by atoms with Crippen LogP contribution in [-0.2, 0) is 9.59 Å². The predicted molar refractivity (Wildman–Crippen MR) is 82.8 cm³/mol. The van der Waals surface area contributed by atoms with Gasteiger partial charge in [-0.15, -0.1) is 0 Å². The lowest BCUT2D eigenvalue weighted by Crippen LogP contribution is -2.46. The number of hydrogen-bond donors (Lipinski definition) is 3. The Balaban J connectivity index is 2.76. The van der Waals surface area contributed by atoms with E-state index < -0.39 is 17.6 Å². The van der Waals surface area contributed by atoms with Crippen LogP contribution in [0.5, 0.6) is 0 Å². The summed E-state index contributed by atoms with van der Waals surface area (Å²) in [7, 11) is 0. The monoisotopic (exact) mass is 292 g/mol. The van der Waals surface area contributed by atoms with Crippen LogP contribution < -0.4 is 10.6 Å². The van der Waals surface area contributed by atoms with Crippen molar-refractivity contribution >= 4 is 17.5 Å². The summed E-state index contributed by atoms with van der Waals surface area (Å²) in [5.74, 6) is -0.505. The van der Waals surface area contributed by atoms with Gasteiger partial charge in [0.15, 0.2) is 0 Å². The van der Waals surface area contributed by atoms with E-state index >= 15 is 0 Å². The molecule has 0 saturated heterocycles. The van der Waals surface area contributed by atoms with Crippen LogP contribution in [0.25, 0.3) is 0 Å². The molecule has 3 N–H and O–H groups in total. The predicted octanol–water partition coefficient (Wildman–Crippen LogP) is 2.23. The van der Waals surface area contributed by atoms with Crippen molar-refractivity contribution in [1.82, 2.24) is 5.32 Å². The highest BCUT2D eigenvalue weighted by molar-refractivity contribution is 5.98. The van der Waals surface area contributed by atoms with Gasteiger partial charge in [0.1, 0.15) is 6.04 Å². The van der Waals surface area contributed by atoms with Crippen LogP contribution in [0.3, 0.4) is 0 Å². The zero-order valence-electron chi connectivity index (χ0n) is 13.2. The van der Waals surface area contributed by atoms with Gasteiger partial charge in [-0.1, -0.05) is 39.0 Å². The van der Waals surface area contributed by atoms with E-state index in [1.807, 2.05) is 0 Å². The minimum absolute atomic E-state index is 0.186. The molecule has 1 rings (SSSR count). The Kier molecular flexibility index (Phi) is 5.49. The summed E-state index contributed by atoms with van der Waals surface area (Å²) in [6.07, 6.45) is -0.680. The molecule has 5 heteroatoms. The van der Waals surface area contributed by atoms with E-state index in [0.717, 1.165) is 0 Å². The standard InChI is InChI=1S/C16H24N2O3/c1-10(17-15(21)16(3,4)5)14(20)18-13-9-7-6-8-12(13)11(2)19/h6-11,19H,1-5H3,(H,17,21)(H,18,20). The number of carbonyl (C=O) groups excluding carboxylic acids is 2. The largest absolute Gasteiger partial charge is 0.389 e. The van der Waals surface area contributed by atoms with Crippen LogP contribution in [0, 0.1) is 5.41 Å². The van der Waals surface area contributed by atoms with Crippen LogP contribution in [0.1, 0.15) is 46.3 Å². The first kappa shape index (κ1) is 17.2. The van der Waals surface area contributed by atoms with E-state index in [-0.39, 0.29) is 11.8 Å². The molecular weight excluding hydrogens is 268 g/mol. The maximum Gasteiger partial charge on any atom is 0.246 e. The lowest BCUT2D eigenvalue weighted by atomic mass is 9.95. The maximum atomic E-state index is 12.1. The second-order valence-corrected chi connectivity index (χ2v) is 6.20. The van der Waals surface area contributed by atoms with Gasteiger partial charge in [-0.25, -0.2) is 0 Å². The number of amides is 2. The number of aliphatic hydroxyl groups is 1. The number of hydrogen-bond acceptors (Lipinski definition) is 3. The molecule has 0 heterocycles. The molecule has 0 aliphatic heterocycles. The van der Waals surface area contributed by atoms with Crippen LogP contribution in [0.2, 0.25) is 0 Å². The average molecular weight is 292 g/mol. The van der Waals surface area contributed by atoms with Crippen molar-refractivity contribution < 1.29 is 14.7 Å². The maximum absolute atomic E-state index is 12.1. The third-order valence-corrected chi connectivity index (χ3v) is 3.09. The summed E-state index contributed by atoms with van der Waals surface area (Å²) < 4.78 is 0. The topological polar surface area (TPSA) is 78.4 Å². The third-order valence-electron chi connectivity index (χ3n) is 3.09. The molecular formula is C16H24N2O3. The number of carbonyl (C=O) groups is 2. The molecule has 116 valence electrons. The molecule has 0 fully saturated rings. The Morgan fingerprint density at radius 2 is 1.71 bits per heavy atom. The zero-order chi connectivity index (χ0) is 16.2. The number of para-hydroxylation sites is 1. The first-order valence-electron chi connectivity index (χ1n) is 7.01. The van der Waals surface area contributed by atoms with Crippen molar-refractivity contribution in [3.63, 3.8) is 0 Å². The van der Waals surface area contributed by atoms with E-state index in [2.05, 4.69) is 10.6 Å². The minimum Gasteiger partial charge on any atom is -0.389 e. The van der Waals surface area contributed by atoms with E-state index in [1.54, 1.807) is 58.9 Å². The van der Waals surface area contributed by atoms with Gasteiger partial charge in [-0.3, -0.25) is 9.59 Å². The summed E-state index contributed by atoms with van der Waals surface area (Å²) in [5.41, 5.74) is 0.640. The van der Waals surface area contributed by atoms with Crippen molar-refractivity contribution in [1.29, 1.82) is 0 Å². The smallest absolute Gasteiger partial charge is 0.246 e. The highest BCUT2D eigenvalue weighted by Crippen LogP contribution is 2.22. The van der Waals surface area contributed by atoms with Crippen molar-refractivity contribution in [3.05, 3.63) is 29.8 Å². The van der Waals surface area contributed by atoms with Crippen LogP contribution in [-0.4, -0.2) is 23.0 Å². The molecule has 0 aromatic heterocycles. The van der Waals surface area contributed by atoms with E-state index in [0.29, 0.717) is 11.3 Å². The van der Waals surface area contributed by atoms with Crippen molar-refractivity contribution in [2.45, 2.75) is 46.8 Å². The highest BCUT2D eigenvalue weighted by Gasteiger charge is 2.25. The van der Waals surface area contributed by atoms with Crippen molar-refractivity contribution in [2.24, 2.45) is 5.41 Å². The SMILES string of the molecule is CC(NC(=O)C(C)(C)C)C(=O)Nc1ccccc1C(C)O. The lowest BCUT2D eigenvalue weighted by molar-refractivity contribution is -0.131. The second-order valence-electron chi connectivity index (χ2n) is 6.20. The van der Waals surface area contributed by atoms with Crippen LogP contribution >= 0.6 is 0 Å². The minimum atomic E-state index is -0.680. The molecule has 0 spiro atoms. The Morgan fingerprint density at radius 1 is 1.14 bits per heavy atom. The van der Waals surface area contributed by atoms with Gasteiger partial charge in [-0.05, 0) is 19.9 Å². The molecule has 1 aromatic carbocycles. The van der Waals surface area contributed by atoms with Gasteiger partial charge in [-0.2, -0.15) is 0 Å². The summed E-state index contributed by atoms with van der Waals surface area (Å²) in [6, 6.07) is 6.39. The van der Waals surface area contributed by atoms with Gasteiger partial charge in [0.05, 0.1) is 6.10 Å². The quantitative estimate of drug-likeness (QED) is 0.796. The number of rotatable bonds is 4. The zero-order valence-corrected chi connectivity index (χ0v) is 13.2. The van der Waals surface area contributed by atoms with E-state index in [9.17, 15) is 14.7 Å². The average Bonchev–Trinajstić information content (AvgIpc) is 2.37. The summed E-state index contributed by atoms with van der Waals surface area (Å²) >= 11 is 0. The van der Waals surface area contributed by atoms with Gasteiger partial charge in [0.25, 0.3) is 0 Å². The van der Waals surface area contributed by atoms with E-state index in [1.165, 1.54) is 0 Å². The van der Waals surface area contributed by atoms with Gasteiger partial charge in [0, 0.05) is 16.7 Å². The molecule has 0 radical (unpaired) electrons. The first-order chi connectivity index (χ1) is 9.62. The van der Waals surface area contributed by atoms with Crippen molar-refractivity contribution in [2.75, 3.05) is 5.32 Å². The molecule has 2 atom stereocenters. The number of nitrogens with one attached hydrogen (secondary N) is 2. The molecule has 1 aromatic rings. The molecule has 5 nitrogen and oxygen atoms in total. The van der Waals surface area contributed by atoms with Crippen molar-refractivity contribution in [3.8, 4) is 0 Å². The number of benzene rings is 1. The van der Waals surface area contributed by atoms with Gasteiger partial charge >= 0.3 is 0 Å². The molecule has 2 amide bonds. The fraction of sp³-hybridized carbons (Fsp3) is 0.500. The van der Waals surface area contributed by atoms with Gasteiger partial charge < -0.3 is 15.7 Å². The summed E-state index contributed by atoms with van der Waals surface area (Å²) in [4.78, 5) is 24.0. The lowest BCUT2D eigenvalue weighted by Gasteiger charge is -2.22. The molecule has 2 unspecified atom stereocenters. The first-order valence-corrected chi connectivity index (χ1v) is 7.01. The number of anilines is 1.